The Hall–Kier alpha value is -1.74. The smallest absolute Gasteiger partial charge is 0.294 e. The van der Waals surface area contributed by atoms with Crippen LogP contribution in [-0.2, 0) is 14.3 Å². The summed E-state index contributed by atoms with van der Waals surface area (Å²) in [4.78, 5) is 39.8. The summed E-state index contributed by atoms with van der Waals surface area (Å²) in [6.45, 7) is 1.52. The minimum Gasteiger partial charge on any atom is -0.494 e. The van der Waals surface area contributed by atoms with Crippen molar-refractivity contribution in [2.75, 3.05) is 40.0 Å². The number of amides is 3. The molecule has 144 valence electrons. The molecule has 0 spiro atoms. The number of nitrogens with zero attached hydrogens (tertiary/aromatic N) is 2. The predicted molar refractivity (Wildman–Crippen MR) is 103 cm³/mol. The number of halogens is 2. The normalized spacial score (nSPS) is 19.1. The number of morpholine rings is 1. The average molecular weight is 431 g/mol. The van der Waals surface area contributed by atoms with Gasteiger partial charge in [-0.15, -0.1) is 0 Å². The van der Waals surface area contributed by atoms with Gasteiger partial charge in [-0.1, -0.05) is 23.2 Å². The van der Waals surface area contributed by atoms with E-state index >= 15 is 0 Å². The molecule has 1 aromatic carbocycles. The van der Waals surface area contributed by atoms with E-state index in [-0.39, 0.29) is 27.4 Å². The van der Waals surface area contributed by atoms with Gasteiger partial charge in [0.15, 0.2) is 5.75 Å². The van der Waals surface area contributed by atoms with Crippen LogP contribution in [0.25, 0.3) is 6.08 Å². The first-order chi connectivity index (χ1) is 12.9. The number of benzene rings is 1. The van der Waals surface area contributed by atoms with Gasteiger partial charge in [0.05, 0.1) is 35.3 Å². The van der Waals surface area contributed by atoms with Gasteiger partial charge in [-0.2, -0.15) is 0 Å². The minimum atomic E-state index is -0.519. The largest absolute Gasteiger partial charge is 0.494 e. The molecule has 0 aliphatic carbocycles. The molecule has 0 atom stereocenters. The van der Waals surface area contributed by atoms with Gasteiger partial charge in [0.25, 0.3) is 11.1 Å². The number of carbonyl (C=O) groups excluding carboxylic acids is 3. The van der Waals surface area contributed by atoms with Gasteiger partial charge in [-0.05, 0) is 35.5 Å². The lowest BCUT2D eigenvalue weighted by Crippen LogP contribution is -2.46. The molecule has 0 unspecified atom stereocenters. The van der Waals surface area contributed by atoms with E-state index in [0.29, 0.717) is 37.6 Å². The summed E-state index contributed by atoms with van der Waals surface area (Å²) in [6.07, 6.45) is 1.52. The van der Waals surface area contributed by atoms with Gasteiger partial charge < -0.3 is 14.4 Å². The molecular formula is C17H16Cl2N2O5S. The maximum atomic E-state index is 12.6. The lowest BCUT2D eigenvalue weighted by Gasteiger charge is -2.28. The molecule has 0 N–H and O–H groups in total. The minimum absolute atomic E-state index is 0.201. The van der Waals surface area contributed by atoms with Crippen LogP contribution in [0.5, 0.6) is 5.75 Å². The predicted octanol–water partition coefficient (Wildman–Crippen LogP) is 2.90. The lowest BCUT2D eigenvalue weighted by atomic mass is 10.2. The first-order valence-corrected chi connectivity index (χ1v) is 9.62. The summed E-state index contributed by atoms with van der Waals surface area (Å²) in [5, 5.41) is 0.0921. The first kappa shape index (κ1) is 20.0. The zero-order chi connectivity index (χ0) is 19.6. The highest BCUT2D eigenvalue weighted by molar-refractivity contribution is 8.18. The summed E-state index contributed by atoms with van der Waals surface area (Å²) in [6, 6.07) is 3.16. The van der Waals surface area contributed by atoms with E-state index in [1.807, 2.05) is 0 Å². The van der Waals surface area contributed by atoms with E-state index < -0.39 is 11.1 Å². The van der Waals surface area contributed by atoms with E-state index in [0.717, 1.165) is 16.7 Å². The third kappa shape index (κ3) is 4.40. The fourth-order valence-electron chi connectivity index (χ4n) is 2.69. The molecular weight excluding hydrogens is 415 g/mol. The van der Waals surface area contributed by atoms with Gasteiger partial charge >= 0.3 is 0 Å². The van der Waals surface area contributed by atoms with E-state index in [1.165, 1.54) is 13.2 Å². The van der Waals surface area contributed by atoms with E-state index in [1.54, 1.807) is 17.0 Å². The molecule has 0 bridgehead atoms. The van der Waals surface area contributed by atoms with Crippen molar-refractivity contribution in [2.45, 2.75) is 0 Å². The van der Waals surface area contributed by atoms with Crippen molar-refractivity contribution in [3.05, 3.63) is 32.6 Å². The Morgan fingerprint density at radius 3 is 2.48 bits per heavy atom. The topological polar surface area (TPSA) is 76.2 Å². The van der Waals surface area contributed by atoms with Crippen LogP contribution in [0.2, 0.25) is 10.0 Å². The molecule has 3 rings (SSSR count). The molecule has 1 aromatic rings. The highest BCUT2D eigenvalue weighted by atomic mass is 35.5. The number of carbonyl (C=O) groups is 3. The maximum Gasteiger partial charge on any atom is 0.294 e. The molecule has 2 aliphatic heterocycles. The Balaban J connectivity index is 1.75. The molecule has 2 fully saturated rings. The van der Waals surface area contributed by atoms with Crippen LogP contribution in [0, 0.1) is 0 Å². The van der Waals surface area contributed by atoms with Crippen LogP contribution in [0.4, 0.5) is 4.79 Å². The Morgan fingerprint density at radius 1 is 1.26 bits per heavy atom. The average Bonchev–Trinajstić information content (AvgIpc) is 2.89. The molecule has 0 saturated carbocycles. The van der Waals surface area contributed by atoms with Crippen molar-refractivity contribution in [3.8, 4) is 5.75 Å². The second kappa shape index (κ2) is 8.52. The van der Waals surface area contributed by atoms with Crippen molar-refractivity contribution in [3.63, 3.8) is 0 Å². The van der Waals surface area contributed by atoms with Gasteiger partial charge in [0, 0.05) is 13.1 Å². The molecule has 10 heteroatoms. The van der Waals surface area contributed by atoms with E-state index in [2.05, 4.69) is 0 Å². The molecule has 7 nitrogen and oxygen atoms in total. The highest BCUT2D eigenvalue weighted by Gasteiger charge is 2.37. The van der Waals surface area contributed by atoms with Crippen molar-refractivity contribution < 1.29 is 23.9 Å². The zero-order valence-corrected chi connectivity index (χ0v) is 16.7. The number of thioether (sulfide) groups is 1. The van der Waals surface area contributed by atoms with Crippen molar-refractivity contribution >= 4 is 58.1 Å². The maximum absolute atomic E-state index is 12.6. The highest BCUT2D eigenvalue weighted by Crippen LogP contribution is 2.37. The first-order valence-electron chi connectivity index (χ1n) is 8.04. The number of rotatable bonds is 4. The summed E-state index contributed by atoms with van der Waals surface area (Å²) in [5.41, 5.74) is 0.552. The van der Waals surface area contributed by atoms with Crippen molar-refractivity contribution in [2.24, 2.45) is 0 Å². The summed E-state index contributed by atoms with van der Waals surface area (Å²) < 4.78 is 10.3. The number of imide groups is 1. The molecule has 3 amide bonds. The monoisotopic (exact) mass is 430 g/mol. The Labute approximate surface area is 170 Å². The van der Waals surface area contributed by atoms with E-state index in [4.69, 9.17) is 32.7 Å². The zero-order valence-electron chi connectivity index (χ0n) is 14.4. The molecule has 0 aromatic heterocycles. The lowest BCUT2D eigenvalue weighted by molar-refractivity contribution is -0.139. The number of hydrogen-bond acceptors (Lipinski definition) is 6. The molecule has 2 heterocycles. The van der Waals surface area contributed by atoms with Crippen LogP contribution in [0.15, 0.2) is 17.0 Å². The summed E-state index contributed by atoms with van der Waals surface area (Å²) >= 11 is 13.0. The Bertz CT molecular complexity index is 801. The molecule has 0 radical (unpaired) electrons. The standard InChI is InChI=1S/C17H16Cl2N2O5S/c1-25-15-11(18)6-10(7-12(15)19)8-13-16(23)21(17(24)27-13)9-14(22)20-2-4-26-5-3-20/h6-8H,2-5,9H2,1H3/b13-8-. The Morgan fingerprint density at radius 2 is 1.89 bits per heavy atom. The van der Waals surface area contributed by atoms with Gasteiger partial charge in [-0.25, -0.2) is 0 Å². The van der Waals surface area contributed by atoms with Crippen LogP contribution < -0.4 is 4.74 Å². The fourth-order valence-corrected chi connectivity index (χ4v) is 4.19. The Kier molecular flexibility index (Phi) is 6.31. The van der Waals surface area contributed by atoms with Gasteiger partial charge in [0.1, 0.15) is 6.54 Å². The third-order valence-corrected chi connectivity index (χ3v) is 5.52. The molecule has 2 aliphatic rings. The number of hydrogen-bond donors (Lipinski definition) is 0. The second-order valence-electron chi connectivity index (χ2n) is 5.78. The molecule has 2 saturated heterocycles. The van der Waals surface area contributed by atoms with Crippen LogP contribution in [-0.4, -0.2) is 66.8 Å². The molecule has 27 heavy (non-hydrogen) atoms. The van der Waals surface area contributed by atoms with Crippen LogP contribution in [0.1, 0.15) is 5.56 Å². The van der Waals surface area contributed by atoms with Crippen molar-refractivity contribution in [1.82, 2.24) is 9.80 Å². The van der Waals surface area contributed by atoms with Gasteiger partial charge in [-0.3, -0.25) is 19.3 Å². The summed E-state index contributed by atoms with van der Waals surface area (Å²) in [5.74, 6) is -0.466. The van der Waals surface area contributed by atoms with Crippen LogP contribution in [0.3, 0.4) is 0 Å². The number of ether oxygens (including phenoxy) is 2. The SMILES string of the molecule is COc1c(Cl)cc(/C=C2\SC(=O)N(CC(=O)N3CCOCC3)C2=O)cc1Cl. The fraction of sp³-hybridized carbons (Fsp3) is 0.353. The quantitative estimate of drug-likeness (QED) is 0.683. The third-order valence-electron chi connectivity index (χ3n) is 4.05. The second-order valence-corrected chi connectivity index (χ2v) is 7.59. The summed E-state index contributed by atoms with van der Waals surface area (Å²) in [7, 11) is 1.45. The number of methoxy groups -OCH3 is 1. The van der Waals surface area contributed by atoms with Crippen molar-refractivity contribution in [1.29, 1.82) is 0 Å². The van der Waals surface area contributed by atoms with Gasteiger partial charge in [0.2, 0.25) is 5.91 Å². The van der Waals surface area contributed by atoms with E-state index in [9.17, 15) is 14.4 Å². The van der Waals surface area contributed by atoms with Crippen LogP contribution >= 0.6 is 35.0 Å².